The van der Waals surface area contributed by atoms with Gasteiger partial charge in [-0.25, -0.2) is 4.79 Å². The Morgan fingerprint density at radius 3 is 2.07 bits per heavy atom. The molecule has 0 aromatic heterocycles. The van der Waals surface area contributed by atoms with Gasteiger partial charge in [0.05, 0.1) is 0 Å². The van der Waals surface area contributed by atoms with Crippen LogP contribution in [0.2, 0.25) is 0 Å². The Bertz CT molecular complexity index is 220. The molecule has 0 rings (SSSR count). The van der Waals surface area contributed by atoms with Crippen molar-refractivity contribution < 1.29 is 20.1 Å². The maximum Gasteiger partial charge on any atom is 0.364 e. The van der Waals surface area contributed by atoms with Crippen molar-refractivity contribution in [1.29, 1.82) is 0 Å². The molecule has 0 spiro atoms. The van der Waals surface area contributed by atoms with Crippen LogP contribution in [0.1, 0.15) is 33.6 Å². The third-order valence-corrected chi connectivity index (χ3v) is 2.74. The third kappa shape index (κ3) is 3.97. The van der Waals surface area contributed by atoms with Crippen molar-refractivity contribution in [3.05, 3.63) is 0 Å². The second-order valence-electron chi connectivity index (χ2n) is 4.78. The lowest BCUT2D eigenvalue weighted by Gasteiger charge is -2.37. The van der Waals surface area contributed by atoms with Crippen molar-refractivity contribution in [2.45, 2.75) is 39.4 Å². The standard InChI is InChI=1S/C10H19ClO4/c1-9(2,3)7(5-4-6-11)10(14,15)8(12)13/h7,14-15H,4-6H2,1-3H3,(H,12,13). The van der Waals surface area contributed by atoms with Gasteiger partial charge in [-0.05, 0) is 18.3 Å². The summed E-state index contributed by atoms with van der Waals surface area (Å²) in [6.45, 7) is 5.32. The maximum absolute atomic E-state index is 10.7. The average Bonchev–Trinajstić information content (AvgIpc) is 2.01. The first-order valence-electron chi connectivity index (χ1n) is 4.88. The van der Waals surface area contributed by atoms with Gasteiger partial charge in [-0.3, -0.25) is 0 Å². The number of aliphatic hydroxyl groups is 2. The summed E-state index contributed by atoms with van der Waals surface area (Å²) in [7, 11) is 0. The molecule has 0 amide bonds. The smallest absolute Gasteiger partial charge is 0.364 e. The summed E-state index contributed by atoms with van der Waals surface area (Å²) in [5.41, 5.74) is -0.506. The molecule has 1 atom stereocenters. The highest BCUT2D eigenvalue weighted by Crippen LogP contribution is 2.37. The molecule has 0 aliphatic carbocycles. The Hall–Kier alpha value is -0.320. The van der Waals surface area contributed by atoms with Crippen molar-refractivity contribution in [2.75, 3.05) is 5.88 Å². The SMILES string of the molecule is CC(C)(C)C(CCCCl)C(O)(O)C(=O)O. The fraction of sp³-hybridized carbons (Fsp3) is 0.900. The largest absolute Gasteiger partial charge is 0.477 e. The first-order chi connectivity index (χ1) is 6.64. The van der Waals surface area contributed by atoms with Gasteiger partial charge in [0, 0.05) is 11.8 Å². The number of aliphatic carboxylic acids is 1. The van der Waals surface area contributed by atoms with Gasteiger partial charge in [-0.1, -0.05) is 20.8 Å². The summed E-state index contributed by atoms with van der Waals surface area (Å²) in [4.78, 5) is 10.7. The lowest BCUT2D eigenvalue weighted by molar-refractivity contribution is -0.236. The van der Waals surface area contributed by atoms with E-state index in [0.29, 0.717) is 18.7 Å². The van der Waals surface area contributed by atoms with Crippen LogP contribution < -0.4 is 0 Å². The number of carboxylic acid groups (broad SMARTS) is 1. The molecular formula is C10H19ClO4. The molecule has 0 bridgehead atoms. The highest BCUT2D eigenvalue weighted by molar-refractivity contribution is 6.17. The minimum Gasteiger partial charge on any atom is -0.477 e. The second kappa shape index (κ2) is 5.14. The van der Waals surface area contributed by atoms with Gasteiger partial charge in [0.25, 0.3) is 5.79 Å². The zero-order chi connectivity index (χ0) is 12.3. The topological polar surface area (TPSA) is 77.8 Å². The zero-order valence-corrected chi connectivity index (χ0v) is 10.1. The molecule has 4 nitrogen and oxygen atoms in total. The number of hydrogen-bond acceptors (Lipinski definition) is 3. The molecule has 15 heavy (non-hydrogen) atoms. The van der Waals surface area contributed by atoms with Crippen LogP contribution in [0, 0.1) is 11.3 Å². The van der Waals surface area contributed by atoms with E-state index in [4.69, 9.17) is 16.7 Å². The first-order valence-corrected chi connectivity index (χ1v) is 5.41. The van der Waals surface area contributed by atoms with Crippen LogP contribution >= 0.6 is 11.6 Å². The molecule has 1 unspecified atom stereocenters. The van der Waals surface area contributed by atoms with E-state index in [1.807, 2.05) is 0 Å². The number of alkyl halides is 1. The number of halogens is 1. The summed E-state index contributed by atoms with van der Waals surface area (Å²) in [6, 6.07) is 0. The summed E-state index contributed by atoms with van der Waals surface area (Å²) < 4.78 is 0. The highest BCUT2D eigenvalue weighted by Gasteiger charge is 2.47. The van der Waals surface area contributed by atoms with E-state index in [1.165, 1.54) is 0 Å². The predicted molar refractivity (Wildman–Crippen MR) is 57.7 cm³/mol. The van der Waals surface area contributed by atoms with Crippen LogP contribution in [-0.4, -0.2) is 33.0 Å². The Labute approximate surface area is 94.9 Å². The van der Waals surface area contributed by atoms with Gasteiger partial charge in [0.2, 0.25) is 0 Å². The van der Waals surface area contributed by atoms with Crippen LogP contribution in [-0.2, 0) is 4.79 Å². The molecule has 5 heteroatoms. The predicted octanol–water partition coefficient (Wildman–Crippen LogP) is 1.43. The van der Waals surface area contributed by atoms with Gasteiger partial charge in [-0.15, -0.1) is 11.6 Å². The van der Waals surface area contributed by atoms with E-state index in [-0.39, 0.29) is 0 Å². The first kappa shape index (κ1) is 14.7. The quantitative estimate of drug-likeness (QED) is 0.500. The van der Waals surface area contributed by atoms with E-state index in [2.05, 4.69) is 0 Å². The number of rotatable bonds is 5. The van der Waals surface area contributed by atoms with Crippen LogP contribution in [0.4, 0.5) is 0 Å². The zero-order valence-electron chi connectivity index (χ0n) is 9.33. The molecule has 0 saturated carbocycles. The Morgan fingerprint density at radius 2 is 1.80 bits per heavy atom. The van der Waals surface area contributed by atoms with Crippen molar-refractivity contribution in [2.24, 2.45) is 11.3 Å². The van der Waals surface area contributed by atoms with Crippen molar-refractivity contribution in [3.63, 3.8) is 0 Å². The molecule has 3 N–H and O–H groups in total. The van der Waals surface area contributed by atoms with Gasteiger partial charge in [0.1, 0.15) is 0 Å². The lowest BCUT2D eigenvalue weighted by Crippen LogP contribution is -2.50. The molecule has 0 fully saturated rings. The fourth-order valence-electron chi connectivity index (χ4n) is 1.67. The molecular weight excluding hydrogens is 220 g/mol. The number of hydrogen-bond donors (Lipinski definition) is 3. The molecule has 0 aromatic carbocycles. The Balaban J connectivity index is 4.85. The molecule has 0 aliphatic rings. The highest BCUT2D eigenvalue weighted by atomic mass is 35.5. The molecule has 0 aliphatic heterocycles. The lowest BCUT2D eigenvalue weighted by atomic mass is 9.73. The summed E-state index contributed by atoms with van der Waals surface area (Å²) in [6.07, 6.45) is 0.923. The maximum atomic E-state index is 10.7. The van der Waals surface area contributed by atoms with Crippen LogP contribution in [0.25, 0.3) is 0 Å². The van der Waals surface area contributed by atoms with E-state index >= 15 is 0 Å². The minimum atomic E-state index is -2.69. The van der Waals surface area contributed by atoms with Crippen LogP contribution in [0.3, 0.4) is 0 Å². The summed E-state index contributed by atoms with van der Waals surface area (Å²) in [5.74, 6) is -4.68. The van der Waals surface area contributed by atoms with Crippen LogP contribution in [0.5, 0.6) is 0 Å². The minimum absolute atomic E-state index is 0.367. The van der Waals surface area contributed by atoms with Gasteiger partial charge in [-0.2, -0.15) is 0 Å². The molecule has 90 valence electrons. The fourth-order valence-corrected chi connectivity index (χ4v) is 1.82. The van der Waals surface area contributed by atoms with E-state index < -0.39 is 23.1 Å². The summed E-state index contributed by atoms with van der Waals surface area (Å²) in [5, 5.41) is 27.8. The van der Waals surface area contributed by atoms with Crippen molar-refractivity contribution in [1.82, 2.24) is 0 Å². The molecule has 0 heterocycles. The summed E-state index contributed by atoms with van der Waals surface area (Å²) >= 11 is 5.51. The Kier molecular flexibility index (Phi) is 5.03. The van der Waals surface area contributed by atoms with Gasteiger partial charge in [0.15, 0.2) is 0 Å². The third-order valence-electron chi connectivity index (χ3n) is 2.47. The normalized spacial score (nSPS) is 15.1. The van der Waals surface area contributed by atoms with Crippen molar-refractivity contribution >= 4 is 17.6 Å². The van der Waals surface area contributed by atoms with Gasteiger partial charge < -0.3 is 15.3 Å². The average molecular weight is 239 g/mol. The second-order valence-corrected chi connectivity index (χ2v) is 5.16. The van der Waals surface area contributed by atoms with Crippen LogP contribution in [0.15, 0.2) is 0 Å². The molecule has 0 radical (unpaired) electrons. The monoisotopic (exact) mass is 238 g/mol. The number of carboxylic acids is 1. The number of carbonyl (C=O) groups is 1. The van der Waals surface area contributed by atoms with E-state index in [9.17, 15) is 15.0 Å². The molecule has 0 saturated heterocycles. The van der Waals surface area contributed by atoms with Gasteiger partial charge >= 0.3 is 5.97 Å². The molecule has 0 aromatic rings. The van der Waals surface area contributed by atoms with E-state index in [1.54, 1.807) is 20.8 Å². The van der Waals surface area contributed by atoms with Crippen molar-refractivity contribution in [3.8, 4) is 0 Å². The Morgan fingerprint density at radius 1 is 1.33 bits per heavy atom. The van der Waals surface area contributed by atoms with E-state index in [0.717, 1.165) is 0 Å².